The maximum atomic E-state index is 13.7. The van der Waals surface area contributed by atoms with Crippen LogP contribution in [0, 0.1) is 12.7 Å². The molecule has 0 radical (unpaired) electrons. The van der Waals surface area contributed by atoms with Gasteiger partial charge in [-0.2, -0.15) is 0 Å². The summed E-state index contributed by atoms with van der Waals surface area (Å²) in [6, 6.07) is 8.12. The number of hydrogen-bond donors (Lipinski definition) is 2. The zero-order valence-electron chi connectivity index (χ0n) is 16.6. The van der Waals surface area contributed by atoms with Crippen molar-refractivity contribution in [2.24, 2.45) is 5.73 Å². The van der Waals surface area contributed by atoms with Gasteiger partial charge in [0.25, 0.3) is 0 Å². The van der Waals surface area contributed by atoms with Crippen LogP contribution >= 0.6 is 11.8 Å². The van der Waals surface area contributed by atoms with Crippen LogP contribution in [-0.2, 0) is 22.6 Å². The third kappa shape index (κ3) is 5.47. The molecule has 2 heterocycles. The number of aromatic nitrogens is 3. The average molecular weight is 431 g/mol. The number of carbonyl (C=O) groups is 2. The number of primary amides is 1. The van der Waals surface area contributed by atoms with Crippen molar-refractivity contribution in [1.29, 1.82) is 0 Å². The Labute approximate surface area is 177 Å². The van der Waals surface area contributed by atoms with Gasteiger partial charge in [0.1, 0.15) is 17.4 Å². The van der Waals surface area contributed by atoms with Gasteiger partial charge in [-0.15, -0.1) is 10.2 Å². The van der Waals surface area contributed by atoms with E-state index in [4.69, 9.17) is 10.2 Å². The second-order valence-electron chi connectivity index (χ2n) is 6.74. The van der Waals surface area contributed by atoms with Crippen molar-refractivity contribution in [3.8, 4) is 0 Å². The standard InChI is InChI=1S/C20H22FN5O3S/c1-12-5-6-14(10-16(12)21)23-19(28)13(2)30-20-25-24-18(8-7-17(22)27)26(20)11-15-4-3-9-29-15/h3-6,9-10,13H,7-8,11H2,1-2H3,(H2,22,27)(H,23,28). The predicted molar refractivity (Wildman–Crippen MR) is 110 cm³/mol. The molecule has 0 bridgehead atoms. The normalized spacial score (nSPS) is 12.0. The topological polar surface area (TPSA) is 116 Å². The summed E-state index contributed by atoms with van der Waals surface area (Å²) in [5.74, 6) is 0.139. The minimum atomic E-state index is -0.530. The molecule has 8 nitrogen and oxygen atoms in total. The molecular formula is C20H22FN5O3S. The maximum Gasteiger partial charge on any atom is 0.237 e. The Morgan fingerprint density at radius 1 is 1.33 bits per heavy atom. The van der Waals surface area contributed by atoms with Gasteiger partial charge in [0, 0.05) is 18.5 Å². The van der Waals surface area contributed by atoms with Crippen LogP contribution in [0.15, 0.2) is 46.2 Å². The molecule has 1 aromatic carbocycles. The Kier molecular flexibility index (Phi) is 6.88. The van der Waals surface area contributed by atoms with E-state index >= 15 is 0 Å². The van der Waals surface area contributed by atoms with E-state index in [2.05, 4.69) is 15.5 Å². The summed E-state index contributed by atoms with van der Waals surface area (Å²) in [5, 5.41) is 11.0. The van der Waals surface area contributed by atoms with Gasteiger partial charge in [0.15, 0.2) is 5.16 Å². The lowest BCUT2D eigenvalue weighted by Crippen LogP contribution is -2.23. The van der Waals surface area contributed by atoms with Gasteiger partial charge >= 0.3 is 0 Å². The van der Waals surface area contributed by atoms with Gasteiger partial charge < -0.3 is 15.5 Å². The van der Waals surface area contributed by atoms with E-state index in [0.717, 1.165) is 0 Å². The monoisotopic (exact) mass is 431 g/mol. The van der Waals surface area contributed by atoms with Crippen LogP contribution in [0.25, 0.3) is 0 Å². The number of nitrogens with one attached hydrogen (secondary N) is 1. The summed E-state index contributed by atoms with van der Waals surface area (Å²) in [4.78, 5) is 23.7. The molecule has 0 aliphatic heterocycles. The smallest absolute Gasteiger partial charge is 0.237 e. The van der Waals surface area contributed by atoms with Gasteiger partial charge in [-0.1, -0.05) is 17.8 Å². The van der Waals surface area contributed by atoms with Crippen molar-refractivity contribution in [2.75, 3.05) is 5.32 Å². The van der Waals surface area contributed by atoms with Crippen molar-refractivity contribution in [2.45, 2.75) is 43.6 Å². The molecule has 0 aliphatic carbocycles. The van der Waals surface area contributed by atoms with Crippen LogP contribution in [-0.4, -0.2) is 31.8 Å². The Hall–Kier alpha value is -3.14. The number of nitrogens with two attached hydrogens (primary N) is 1. The van der Waals surface area contributed by atoms with Crippen molar-refractivity contribution in [3.05, 3.63) is 59.6 Å². The van der Waals surface area contributed by atoms with Crippen LogP contribution in [0.2, 0.25) is 0 Å². The lowest BCUT2D eigenvalue weighted by Gasteiger charge is -2.13. The number of amides is 2. The van der Waals surface area contributed by atoms with Gasteiger partial charge in [-0.25, -0.2) is 4.39 Å². The zero-order valence-corrected chi connectivity index (χ0v) is 17.4. The molecule has 0 aliphatic rings. The number of halogens is 1. The van der Waals surface area contributed by atoms with E-state index in [1.54, 1.807) is 42.9 Å². The van der Waals surface area contributed by atoms with Crippen LogP contribution in [0.5, 0.6) is 0 Å². The SMILES string of the molecule is Cc1ccc(NC(=O)C(C)Sc2nnc(CCC(N)=O)n2Cc2ccco2)cc1F. The molecule has 0 fully saturated rings. The van der Waals surface area contributed by atoms with E-state index < -0.39 is 11.2 Å². The highest BCUT2D eigenvalue weighted by Crippen LogP contribution is 2.25. The molecule has 2 aromatic heterocycles. The number of hydrogen-bond acceptors (Lipinski definition) is 6. The number of rotatable bonds is 9. The Bertz CT molecular complexity index is 1040. The first kappa shape index (κ1) is 21.6. The largest absolute Gasteiger partial charge is 0.467 e. The molecule has 2 amide bonds. The number of furan rings is 1. The number of anilines is 1. The van der Waals surface area contributed by atoms with E-state index in [1.165, 1.54) is 17.8 Å². The summed E-state index contributed by atoms with van der Waals surface area (Å²) < 4.78 is 20.9. The maximum absolute atomic E-state index is 13.7. The van der Waals surface area contributed by atoms with Gasteiger partial charge in [-0.05, 0) is 43.7 Å². The van der Waals surface area contributed by atoms with E-state index in [-0.39, 0.29) is 18.1 Å². The zero-order chi connectivity index (χ0) is 21.7. The highest BCUT2D eigenvalue weighted by molar-refractivity contribution is 8.00. The Morgan fingerprint density at radius 2 is 2.13 bits per heavy atom. The van der Waals surface area contributed by atoms with Crippen molar-refractivity contribution < 1.29 is 18.4 Å². The fraction of sp³-hybridized carbons (Fsp3) is 0.300. The van der Waals surface area contributed by atoms with Crippen LogP contribution in [0.4, 0.5) is 10.1 Å². The third-order valence-corrected chi connectivity index (χ3v) is 5.45. The number of aryl methyl sites for hydroxylation is 2. The summed E-state index contributed by atoms with van der Waals surface area (Å²) in [5.41, 5.74) is 6.14. The molecule has 0 saturated heterocycles. The molecule has 3 N–H and O–H groups in total. The molecule has 3 aromatic rings. The minimum absolute atomic E-state index is 0.135. The lowest BCUT2D eigenvalue weighted by molar-refractivity contribution is -0.118. The van der Waals surface area contributed by atoms with Gasteiger partial charge in [-0.3, -0.25) is 14.2 Å². The third-order valence-electron chi connectivity index (χ3n) is 4.37. The second-order valence-corrected chi connectivity index (χ2v) is 8.05. The summed E-state index contributed by atoms with van der Waals surface area (Å²) in [7, 11) is 0. The molecular weight excluding hydrogens is 409 g/mol. The summed E-state index contributed by atoms with van der Waals surface area (Å²) >= 11 is 1.21. The fourth-order valence-electron chi connectivity index (χ4n) is 2.67. The van der Waals surface area contributed by atoms with Gasteiger partial charge in [0.2, 0.25) is 11.8 Å². The fourth-order valence-corrected chi connectivity index (χ4v) is 3.54. The second kappa shape index (κ2) is 9.57. The molecule has 158 valence electrons. The number of thioether (sulfide) groups is 1. The molecule has 0 saturated carbocycles. The molecule has 30 heavy (non-hydrogen) atoms. The Morgan fingerprint density at radius 3 is 2.80 bits per heavy atom. The first-order chi connectivity index (χ1) is 14.3. The molecule has 0 spiro atoms. The predicted octanol–water partition coefficient (Wildman–Crippen LogP) is 2.90. The Balaban J connectivity index is 1.74. The lowest BCUT2D eigenvalue weighted by atomic mass is 10.2. The average Bonchev–Trinajstić information content (AvgIpc) is 3.34. The van der Waals surface area contributed by atoms with Crippen LogP contribution in [0.3, 0.4) is 0 Å². The van der Waals surface area contributed by atoms with Crippen molar-refractivity contribution >= 4 is 29.3 Å². The van der Waals surface area contributed by atoms with Crippen molar-refractivity contribution in [3.63, 3.8) is 0 Å². The molecule has 1 unspecified atom stereocenters. The highest BCUT2D eigenvalue weighted by atomic mass is 32.2. The first-order valence-corrected chi connectivity index (χ1v) is 10.2. The number of benzene rings is 1. The van der Waals surface area contributed by atoms with E-state index in [1.807, 2.05) is 6.07 Å². The number of carbonyl (C=O) groups excluding carboxylic acids is 2. The molecule has 1 atom stereocenters. The first-order valence-electron chi connectivity index (χ1n) is 9.30. The van der Waals surface area contributed by atoms with E-state index in [0.29, 0.717) is 41.0 Å². The minimum Gasteiger partial charge on any atom is -0.467 e. The van der Waals surface area contributed by atoms with Crippen LogP contribution in [0.1, 0.15) is 30.5 Å². The summed E-state index contributed by atoms with van der Waals surface area (Å²) in [6.45, 7) is 3.73. The van der Waals surface area contributed by atoms with Crippen LogP contribution < -0.4 is 11.1 Å². The number of nitrogens with zero attached hydrogens (tertiary/aromatic N) is 3. The summed E-state index contributed by atoms with van der Waals surface area (Å²) in [6.07, 6.45) is 2.02. The molecule has 3 rings (SSSR count). The van der Waals surface area contributed by atoms with Gasteiger partial charge in [0.05, 0.1) is 18.1 Å². The quantitative estimate of drug-likeness (QED) is 0.503. The van der Waals surface area contributed by atoms with Crippen molar-refractivity contribution in [1.82, 2.24) is 14.8 Å². The van der Waals surface area contributed by atoms with E-state index in [9.17, 15) is 14.0 Å². The molecule has 10 heteroatoms. The highest BCUT2D eigenvalue weighted by Gasteiger charge is 2.21.